The molecule has 1 aromatic carbocycles. The number of aromatic hydroxyl groups is 1. The largest absolute Gasteiger partial charge is 0.543 e. The number of likely N-dealkylation sites (tertiary alicyclic amines) is 1. The van der Waals surface area contributed by atoms with Crippen LogP contribution in [0.15, 0.2) is 76.2 Å². The van der Waals surface area contributed by atoms with E-state index in [-0.39, 0.29) is 52.6 Å². The van der Waals surface area contributed by atoms with E-state index in [0.29, 0.717) is 18.5 Å². The minimum atomic E-state index is -1.61. The SMILES string of the molecule is Nc1nc(/C(=N/O)C(=O)N[C@@H]2C(=O)N3C(C(=O)[O-])=C(C=C4CCN(Cc5cc[n+](CC(=O)Nc6ccc(O)cc6F)cc5)C4=O)CS[C@H]23)cs1. The molecule has 0 saturated carbocycles. The number of fused-ring (bicyclic) bond motifs is 1. The molecule has 5 heterocycles. The summed E-state index contributed by atoms with van der Waals surface area (Å²) in [7, 11) is 0. The number of hydrogen-bond acceptors (Lipinski definition) is 13. The van der Waals surface area contributed by atoms with Gasteiger partial charge in [-0.3, -0.25) is 24.1 Å². The number of anilines is 2. The van der Waals surface area contributed by atoms with Crippen molar-refractivity contribution in [2.45, 2.75) is 30.9 Å². The van der Waals surface area contributed by atoms with Crippen molar-refractivity contribution in [2.75, 3.05) is 23.3 Å². The molecule has 2 fully saturated rings. The second-order valence-corrected chi connectivity index (χ2v) is 13.3. The Hall–Kier alpha value is -5.82. The van der Waals surface area contributed by atoms with Gasteiger partial charge < -0.3 is 41.5 Å². The number of oxime groups is 1. The average Bonchev–Trinajstić information content (AvgIpc) is 3.66. The van der Waals surface area contributed by atoms with Crippen LogP contribution >= 0.6 is 23.1 Å². The Morgan fingerprint density at radius 1 is 1.22 bits per heavy atom. The van der Waals surface area contributed by atoms with Crippen LogP contribution in [0.1, 0.15) is 17.7 Å². The predicted octanol–water partition coefficient (Wildman–Crippen LogP) is -0.563. The van der Waals surface area contributed by atoms with Crippen molar-refractivity contribution < 1.29 is 48.4 Å². The quantitative estimate of drug-likeness (QED) is 0.0338. The van der Waals surface area contributed by atoms with Crippen molar-refractivity contribution in [2.24, 2.45) is 5.16 Å². The number of nitrogens with one attached hydrogen (secondary N) is 2. The van der Waals surface area contributed by atoms with Gasteiger partial charge in [0, 0.05) is 48.0 Å². The zero-order valence-electron chi connectivity index (χ0n) is 25.7. The molecule has 16 nitrogen and oxygen atoms in total. The van der Waals surface area contributed by atoms with Crippen LogP contribution in [0.2, 0.25) is 0 Å². The summed E-state index contributed by atoms with van der Waals surface area (Å²) in [4.78, 5) is 70.2. The number of nitrogens with zero attached hydrogens (tertiary/aromatic N) is 5. The van der Waals surface area contributed by atoms with Crippen LogP contribution in [0.4, 0.5) is 15.2 Å². The van der Waals surface area contributed by atoms with Gasteiger partial charge in [0.2, 0.25) is 12.5 Å². The Balaban J connectivity index is 1.08. The molecule has 0 radical (unpaired) electrons. The number of aliphatic carboxylic acids is 1. The molecule has 2 atom stereocenters. The van der Waals surface area contributed by atoms with Crippen molar-refractivity contribution in [3.63, 3.8) is 0 Å². The molecule has 2 aromatic heterocycles. The van der Waals surface area contributed by atoms with E-state index in [4.69, 9.17) is 5.73 Å². The smallest absolute Gasteiger partial charge is 0.290 e. The maximum Gasteiger partial charge on any atom is 0.290 e. The summed E-state index contributed by atoms with van der Waals surface area (Å²) in [5, 5.41) is 39.5. The third kappa shape index (κ3) is 6.85. The second kappa shape index (κ2) is 14.0. The van der Waals surface area contributed by atoms with Crippen LogP contribution in [0.5, 0.6) is 5.75 Å². The number of hydrogen-bond donors (Lipinski definition) is 5. The fraction of sp³-hybridized carbons (Fsp3) is 0.226. The van der Waals surface area contributed by atoms with Gasteiger partial charge in [-0.2, -0.15) is 4.57 Å². The lowest BCUT2D eigenvalue weighted by atomic mass is 10.0. The third-order valence-corrected chi connectivity index (χ3v) is 9.98. The summed E-state index contributed by atoms with van der Waals surface area (Å²) in [6, 6.07) is 5.73. The first-order valence-electron chi connectivity index (χ1n) is 14.8. The Labute approximate surface area is 290 Å². The molecular formula is C31H27FN8O8S2. The minimum Gasteiger partial charge on any atom is -0.543 e. The fourth-order valence-corrected chi connectivity index (χ4v) is 7.46. The molecule has 6 N–H and O–H groups in total. The average molecular weight is 723 g/mol. The van der Waals surface area contributed by atoms with Gasteiger partial charge in [0.1, 0.15) is 28.7 Å². The summed E-state index contributed by atoms with van der Waals surface area (Å²) in [5.41, 5.74) is 6.00. The molecule has 258 valence electrons. The molecule has 3 aliphatic rings. The van der Waals surface area contributed by atoms with E-state index in [1.54, 1.807) is 34.0 Å². The fourth-order valence-electron chi connectivity index (χ4n) is 5.60. The van der Waals surface area contributed by atoms with Gasteiger partial charge in [0.25, 0.3) is 17.7 Å². The van der Waals surface area contributed by atoms with Gasteiger partial charge in [0.05, 0.1) is 17.4 Å². The van der Waals surface area contributed by atoms with Crippen molar-refractivity contribution in [1.29, 1.82) is 0 Å². The highest BCUT2D eigenvalue weighted by Crippen LogP contribution is 2.41. The summed E-state index contributed by atoms with van der Waals surface area (Å²) in [6.45, 7) is 0.487. The van der Waals surface area contributed by atoms with Crippen LogP contribution in [0.25, 0.3) is 0 Å². The number of carbonyl (C=O) groups is 5. The second-order valence-electron chi connectivity index (χ2n) is 11.3. The molecule has 6 rings (SSSR count). The number of nitrogen functional groups attached to an aromatic ring is 1. The highest BCUT2D eigenvalue weighted by molar-refractivity contribution is 8.00. The third-order valence-electron chi connectivity index (χ3n) is 8.01. The monoisotopic (exact) mass is 722 g/mol. The molecule has 0 bridgehead atoms. The summed E-state index contributed by atoms with van der Waals surface area (Å²) in [5.74, 6) is -4.96. The van der Waals surface area contributed by atoms with Crippen molar-refractivity contribution in [1.82, 2.24) is 20.1 Å². The predicted molar refractivity (Wildman–Crippen MR) is 173 cm³/mol. The first kappa shape index (κ1) is 34.1. The van der Waals surface area contributed by atoms with Crippen LogP contribution in [-0.4, -0.2) is 84.1 Å². The van der Waals surface area contributed by atoms with E-state index in [2.05, 4.69) is 20.8 Å². The number of carbonyl (C=O) groups excluding carboxylic acids is 5. The van der Waals surface area contributed by atoms with Gasteiger partial charge in [-0.1, -0.05) is 5.16 Å². The number of thiazole rings is 1. The number of carboxylic acid groups (broad SMARTS) is 1. The van der Waals surface area contributed by atoms with Gasteiger partial charge in [-0.25, -0.2) is 9.37 Å². The number of nitrogens with two attached hydrogens (primary N) is 1. The summed E-state index contributed by atoms with van der Waals surface area (Å²) in [6.07, 6.45) is 5.07. The van der Waals surface area contributed by atoms with Crippen LogP contribution in [0.3, 0.4) is 0 Å². The normalized spacial score (nSPS) is 19.8. The first-order chi connectivity index (χ1) is 23.9. The Morgan fingerprint density at radius 3 is 2.64 bits per heavy atom. The standard InChI is InChI=1S/C31H27FN8O8S2/c32-19-10-18(41)1-2-20(19)34-22(42)12-38-6-3-15(4-7-38)11-39-8-5-16(27(39)44)9-17-13-49-29-24(28(45)40(29)25(17)30(46)47)36-26(43)23(37-48)21-14-50-31(33)35-21/h1-4,6-7,9-10,14,24,29H,5,8,11-13H2,(H6-,33,34,35,36,37,41,42,43,46,47,48)/t24-,29-/m1/s1. The zero-order valence-corrected chi connectivity index (χ0v) is 27.4. The van der Waals surface area contributed by atoms with Crippen LogP contribution < -0.4 is 26.0 Å². The lowest BCUT2D eigenvalue weighted by Crippen LogP contribution is -2.71. The maximum atomic E-state index is 13.9. The molecule has 0 unspecified atom stereocenters. The van der Waals surface area contributed by atoms with Crippen molar-refractivity contribution in [3.8, 4) is 5.75 Å². The Bertz CT molecular complexity index is 2010. The number of β-lactam (4-membered cyclic amide) rings is 1. The van der Waals surface area contributed by atoms with E-state index in [1.807, 2.05) is 0 Å². The number of aromatic nitrogens is 2. The van der Waals surface area contributed by atoms with Gasteiger partial charge in [-0.05, 0) is 35.8 Å². The minimum absolute atomic E-state index is 0.00821. The molecule has 3 aliphatic heterocycles. The molecular weight excluding hydrogens is 696 g/mol. The molecule has 4 amide bonds. The molecule has 3 aromatic rings. The highest BCUT2D eigenvalue weighted by atomic mass is 32.2. The number of benzene rings is 1. The van der Waals surface area contributed by atoms with Crippen molar-refractivity contribution in [3.05, 3.63) is 88.1 Å². The molecule has 0 spiro atoms. The number of halogens is 1. The number of phenolic OH excluding ortho intramolecular Hbond substituents is 1. The van der Waals surface area contributed by atoms with E-state index in [1.165, 1.54) is 35.4 Å². The number of rotatable bonds is 10. The zero-order chi connectivity index (χ0) is 35.7. The van der Waals surface area contributed by atoms with Gasteiger partial charge >= 0.3 is 0 Å². The summed E-state index contributed by atoms with van der Waals surface area (Å²) >= 11 is 2.21. The number of allylic oxidation sites excluding steroid dienone is 1. The van der Waals surface area contributed by atoms with E-state index >= 15 is 0 Å². The number of carboxylic acids is 1. The van der Waals surface area contributed by atoms with E-state index in [9.17, 15) is 43.8 Å². The van der Waals surface area contributed by atoms with Crippen LogP contribution in [0, 0.1) is 5.82 Å². The highest BCUT2D eigenvalue weighted by Gasteiger charge is 2.53. The summed E-state index contributed by atoms with van der Waals surface area (Å²) < 4.78 is 15.5. The lowest BCUT2D eigenvalue weighted by molar-refractivity contribution is -0.684. The Kier molecular flexibility index (Phi) is 9.51. The van der Waals surface area contributed by atoms with E-state index < -0.39 is 52.3 Å². The van der Waals surface area contributed by atoms with Gasteiger partial charge in [0.15, 0.2) is 23.2 Å². The van der Waals surface area contributed by atoms with Gasteiger partial charge in [-0.15, -0.1) is 23.1 Å². The molecule has 50 heavy (non-hydrogen) atoms. The van der Waals surface area contributed by atoms with E-state index in [0.717, 1.165) is 27.9 Å². The molecule has 2 saturated heterocycles. The Morgan fingerprint density at radius 2 is 1.98 bits per heavy atom. The van der Waals surface area contributed by atoms with Crippen LogP contribution in [-0.2, 0) is 37.1 Å². The number of amides is 4. The topological polar surface area (TPSA) is 235 Å². The molecule has 19 heteroatoms. The number of phenols is 1. The lowest BCUT2D eigenvalue weighted by Gasteiger charge is -2.50. The number of thioether (sulfide) groups is 1. The molecule has 0 aliphatic carbocycles. The maximum absolute atomic E-state index is 13.9. The first-order valence-corrected chi connectivity index (χ1v) is 16.8. The van der Waals surface area contributed by atoms with Crippen molar-refractivity contribution >= 4 is 69.2 Å². The number of pyridine rings is 1.